The number of piperidine rings is 1. The van der Waals surface area contributed by atoms with Crippen LogP contribution in [0.15, 0.2) is 64.9 Å². The minimum absolute atomic E-state index is 0.0525. The predicted octanol–water partition coefficient (Wildman–Crippen LogP) is 4.63. The SMILES string of the molecule is N#Cc1cccc(COc2cccc(NC(=O)c3sccc3S(=O)(=O)N3CCCCC3)c2)c1. The van der Waals surface area contributed by atoms with Crippen LogP contribution in [0.1, 0.15) is 40.1 Å². The van der Waals surface area contributed by atoms with Crippen LogP contribution in [0.3, 0.4) is 0 Å². The largest absolute Gasteiger partial charge is 0.489 e. The Labute approximate surface area is 197 Å². The van der Waals surface area contributed by atoms with Crippen LogP contribution >= 0.6 is 11.3 Å². The Balaban J connectivity index is 1.45. The van der Waals surface area contributed by atoms with Crippen molar-refractivity contribution in [3.05, 3.63) is 76.0 Å². The lowest BCUT2D eigenvalue weighted by Crippen LogP contribution is -2.36. The van der Waals surface area contributed by atoms with Crippen molar-refractivity contribution in [1.29, 1.82) is 5.26 Å². The molecule has 0 aliphatic carbocycles. The summed E-state index contributed by atoms with van der Waals surface area (Å²) in [5.74, 6) is 0.0713. The maximum atomic E-state index is 13.1. The topological polar surface area (TPSA) is 99.5 Å². The molecule has 2 heterocycles. The molecule has 2 aromatic carbocycles. The molecule has 0 saturated carbocycles. The van der Waals surface area contributed by atoms with Crippen molar-refractivity contribution in [3.8, 4) is 11.8 Å². The number of nitrogens with zero attached hydrogens (tertiary/aromatic N) is 2. The highest BCUT2D eigenvalue weighted by Crippen LogP contribution is 2.28. The van der Waals surface area contributed by atoms with Gasteiger partial charge in [0, 0.05) is 24.8 Å². The summed E-state index contributed by atoms with van der Waals surface area (Å²) in [5.41, 5.74) is 1.91. The van der Waals surface area contributed by atoms with E-state index in [9.17, 15) is 13.2 Å². The zero-order valence-corrected chi connectivity index (χ0v) is 19.5. The van der Waals surface area contributed by atoms with Crippen LogP contribution in [-0.2, 0) is 16.6 Å². The van der Waals surface area contributed by atoms with Gasteiger partial charge in [-0.25, -0.2) is 8.42 Å². The summed E-state index contributed by atoms with van der Waals surface area (Å²) in [6, 6.07) is 17.6. The van der Waals surface area contributed by atoms with E-state index in [4.69, 9.17) is 10.00 Å². The molecule has 1 saturated heterocycles. The Morgan fingerprint density at radius 3 is 2.67 bits per heavy atom. The molecule has 1 amide bonds. The van der Waals surface area contributed by atoms with Crippen LogP contribution in [0.2, 0.25) is 0 Å². The van der Waals surface area contributed by atoms with Crippen molar-refractivity contribution in [2.75, 3.05) is 18.4 Å². The lowest BCUT2D eigenvalue weighted by atomic mass is 10.1. The van der Waals surface area contributed by atoms with Gasteiger partial charge in [-0.15, -0.1) is 11.3 Å². The first-order valence-corrected chi connectivity index (χ1v) is 12.9. The monoisotopic (exact) mass is 481 g/mol. The Morgan fingerprint density at radius 1 is 1.09 bits per heavy atom. The molecule has 33 heavy (non-hydrogen) atoms. The molecule has 0 radical (unpaired) electrons. The molecule has 170 valence electrons. The lowest BCUT2D eigenvalue weighted by molar-refractivity contribution is 0.102. The van der Waals surface area contributed by atoms with E-state index in [1.54, 1.807) is 47.8 Å². The standard InChI is InChI=1S/C24H23N3O4S2/c25-16-18-6-4-7-19(14-18)17-31-21-9-5-8-20(15-21)26-24(28)23-22(10-13-32-23)33(29,30)27-11-2-1-3-12-27/h4-10,13-15H,1-3,11-12,17H2,(H,26,28). The first-order chi connectivity index (χ1) is 16.0. The van der Waals surface area contributed by atoms with E-state index in [2.05, 4.69) is 11.4 Å². The molecule has 0 bridgehead atoms. The quantitative estimate of drug-likeness (QED) is 0.531. The van der Waals surface area contributed by atoms with E-state index in [0.29, 0.717) is 30.1 Å². The van der Waals surface area contributed by atoms with Crippen molar-refractivity contribution in [1.82, 2.24) is 4.31 Å². The second kappa shape index (κ2) is 10.2. The van der Waals surface area contributed by atoms with Crippen LogP contribution < -0.4 is 10.1 Å². The highest BCUT2D eigenvalue weighted by Gasteiger charge is 2.31. The first-order valence-electron chi connectivity index (χ1n) is 10.6. The van der Waals surface area contributed by atoms with E-state index in [-0.39, 0.29) is 16.4 Å². The lowest BCUT2D eigenvalue weighted by Gasteiger charge is -2.25. The number of ether oxygens (including phenoxy) is 1. The zero-order chi connectivity index (χ0) is 23.3. The smallest absolute Gasteiger partial charge is 0.267 e. The molecule has 1 aromatic heterocycles. The number of benzene rings is 2. The average molecular weight is 482 g/mol. The predicted molar refractivity (Wildman–Crippen MR) is 127 cm³/mol. The molecule has 1 aliphatic rings. The Kier molecular flexibility index (Phi) is 7.08. The maximum absolute atomic E-state index is 13.1. The molecule has 0 atom stereocenters. The third kappa shape index (κ3) is 5.42. The van der Waals surface area contributed by atoms with Gasteiger partial charge in [0.05, 0.1) is 11.6 Å². The summed E-state index contributed by atoms with van der Waals surface area (Å²) in [5, 5.41) is 13.4. The molecule has 7 nitrogen and oxygen atoms in total. The van der Waals surface area contributed by atoms with E-state index >= 15 is 0 Å². The molecular formula is C24H23N3O4S2. The van der Waals surface area contributed by atoms with Crippen molar-refractivity contribution in [2.45, 2.75) is 30.8 Å². The van der Waals surface area contributed by atoms with E-state index < -0.39 is 15.9 Å². The van der Waals surface area contributed by atoms with Gasteiger partial charge in [-0.3, -0.25) is 4.79 Å². The van der Waals surface area contributed by atoms with Crippen LogP contribution in [0.5, 0.6) is 5.75 Å². The summed E-state index contributed by atoms with van der Waals surface area (Å²) in [4.78, 5) is 13.2. The Hall–Kier alpha value is -3.19. The number of carbonyl (C=O) groups excluding carboxylic acids is 1. The van der Waals surface area contributed by atoms with Gasteiger partial charge in [0.15, 0.2) is 0 Å². The van der Waals surface area contributed by atoms with Gasteiger partial charge in [0.2, 0.25) is 10.0 Å². The van der Waals surface area contributed by atoms with Crippen molar-refractivity contribution in [2.24, 2.45) is 0 Å². The first kappa shape index (κ1) is 23.0. The molecule has 1 aliphatic heterocycles. The van der Waals surface area contributed by atoms with Crippen LogP contribution in [-0.4, -0.2) is 31.7 Å². The number of carbonyl (C=O) groups is 1. The summed E-state index contributed by atoms with van der Waals surface area (Å²) in [7, 11) is -3.70. The van der Waals surface area contributed by atoms with Gasteiger partial charge in [0.25, 0.3) is 5.91 Å². The average Bonchev–Trinajstić information content (AvgIpc) is 3.35. The molecule has 0 unspecified atom stereocenters. The third-order valence-corrected chi connectivity index (χ3v) is 8.31. The fourth-order valence-electron chi connectivity index (χ4n) is 3.66. The van der Waals surface area contributed by atoms with E-state index in [0.717, 1.165) is 36.2 Å². The van der Waals surface area contributed by atoms with E-state index in [1.165, 1.54) is 10.4 Å². The summed E-state index contributed by atoms with van der Waals surface area (Å²) in [6.07, 6.45) is 2.68. The van der Waals surface area contributed by atoms with Crippen LogP contribution in [0.25, 0.3) is 0 Å². The van der Waals surface area contributed by atoms with Crippen LogP contribution in [0.4, 0.5) is 5.69 Å². The minimum atomic E-state index is -3.70. The highest BCUT2D eigenvalue weighted by molar-refractivity contribution is 7.89. The maximum Gasteiger partial charge on any atom is 0.267 e. The third-order valence-electron chi connectivity index (χ3n) is 5.32. The number of sulfonamides is 1. The van der Waals surface area contributed by atoms with Gasteiger partial charge >= 0.3 is 0 Å². The number of rotatable bonds is 7. The van der Waals surface area contributed by atoms with Crippen molar-refractivity contribution < 1.29 is 17.9 Å². The fourth-order valence-corrected chi connectivity index (χ4v) is 6.47. The number of nitriles is 1. The summed E-state index contributed by atoms with van der Waals surface area (Å²) in [6.45, 7) is 1.24. The molecule has 0 spiro atoms. The molecule has 1 N–H and O–H groups in total. The number of hydrogen-bond donors (Lipinski definition) is 1. The number of thiophene rings is 1. The summed E-state index contributed by atoms with van der Waals surface area (Å²) < 4.78 is 33.4. The van der Waals surface area contributed by atoms with Gasteiger partial charge in [-0.2, -0.15) is 9.57 Å². The minimum Gasteiger partial charge on any atom is -0.489 e. The molecular weight excluding hydrogens is 458 g/mol. The second-order valence-corrected chi connectivity index (χ2v) is 10.5. The number of anilines is 1. The highest BCUT2D eigenvalue weighted by atomic mass is 32.2. The van der Waals surface area contributed by atoms with Gasteiger partial charge in [-0.05, 0) is 54.1 Å². The normalized spacial score (nSPS) is 14.4. The summed E-state index contributed by atoms with van der Waals surface area (Å²) >= 11 is 1.11. The van der Waals surface area contributed by atoms with Crippen molar-refractivity contribution >= 4 is 33.0 Å². The Morgan fingerprint density at radius 2 is 1.88 bits per heavy atom. The Bertz CT molecular complexity index is 1290. The second-order valence-electron chi connectivity index (χ2n) is 7.66. The molecule has 4 rings (SSSR count). The van der Waals surface area contributed by atoms with Gasteiger partial charge in [0.1, 0.15) is 22.1 Å². The number of hydrogen-bond acceptors (Lipinski definition) is 6. The molecule has 1 fully saturated rings. The van der Waals surface area contributed by atoms with Crippen LogP contribution in [0, 0.1) is 11.3 Å². The molecule has 9 heteroatoms. The van der Waals surface area contributed by atoms with Gasteiger partial charge in [-0.1, -0.05) is 24.6 Å². The number of nitrogens with one attached hydrogen (secondary N) is 1. The molecule has 3 aromatic rings. The fraction of sp³-hybridized carbons (Fsp3) is 0.250. The van der Waals surface area contributed by atoms with Gasteiger partial charge < -0.3 is 10.1 Å². The zero-order valence-electron chi connectivity index (χ0n) is 17.9. The number of amides is 1. The van der Waals surface area contributed by atoms with Crippen molar-refractivity contribution in [3.63, 3.8) is 0 Å². The van der Waals surface area contributed by atoms with E-state index in [1.807, 2.05) is 6.07 Å².